The highest BCUT2D eigenvalue weighted by Crippen LogP contribution is 2.26. The Kier molecular flexibility index (Phi) is 6.61. The minimum Gasteiger partial charge on any atom is -0.497 e. The van der Waals surface area contributed by atoms with Gasteiger partial charge >= 0.3 is 0 Å². The van der Waals surface area contributed by atoms with Crippen molar-refractivity contribution in [3.8, 4) is 17.0 Å². The van der Waals surface area contributed by atoms with Gasteiger partial charge in [0, 0.05) is 37.1 Å². The van der Waals surface area contributed by atoms with E-state index in [0.717, 1.165) is 65.8 Å². The van der Waals surface area contributed by atoms with E-state index in [2.05, 4.69) is 15.3 Å². The lowest BCUT2D eigenvalue weighted by molar-refractivity contribution is -0.130. The lowest BCUT2D eigenvalue weighted by Crippen LogP contribution is -2.48. The Labute approximate surface area is 200 Å². The van der Waals surface area contributed by atoms with Crippen molar-refractivity contribution in [1.29, 1.82) is 0 Å². The number of oxazole rings is 1. The lowest BCUT2D eigenvalue weighted by Gasteiger charge is -2.34. The summed E-state index contributed by atoms with van der Waals surface area (Å²) < 4.78 is 10.9. The number of rotatable bonds is 7. The first kappa shape index (κ1) is 21.9. The Morgan fingerprint density at radius 3 is 2.64 bits per heavy atom. The van der Waals surface area contributed by atoms with Gasteiger partial charge in [0.1, 0.15) is 16.3 Å². The number of hydrogen-bond acceptors (Lipinski definition) is 8. The second kappa shape index (κ2) is 9.94. The molecular weight excluding hydrogens is 456 g/mol. The third kappa shape index (κ3) is 5.21. The fourth-order valence-corrected chi connectivity index (χ4v) is 5.34. The van der Waals surface area contributed by atoms with Crippen molar-refractivity contribution in [1.82, 2.24) is 19.8 Å². The van der Waals surface area contributed by atoms with E-state index in [1.54, 1.807) is 18.4 Å². The van der Waals surface area contributed by atoms with E-state index in [1.165, 1.54) is 11.8 Å². The van der Waals surface area contributed by atoms with Crippen molar-refractivity contribution in [3.05, 3.63) is 58.9 Å². The first-order chi connectivity index (χ1) is 16.2. The number of methoxy groups -OCH3 is 1. The van der Waals surface area contributed by atoms with Crippen molar-refractivity contribution < 1.29 is 13.9 Å². The smallest absolute Gasteiger partial charge is 0.257 e. The lowest BCUT2D eigenvalue weighted by atomic mass is 10.2. The molecule has 0 radical (unpaired) electrons. The van der Waals surface area contributed by atoms with Gasteiger partial charge in [0.15, 0.2) is 5.58 Å². The molecule has 0 atom stereocenters. The van der Waals surface area contributed by atoms with Gasteiger partial charge in [0.2, 0.25) is 5.91 Å². The summed E-state index contributed by atoms with van der Waals surface area (Å²) in [4.78, 5) is 26.2. The Bertz CT molecular complexity index is 1200. The van der Waals surface area contributed by atoms with Crippen LogP contribution in [0.25, 0.3) is 22.4 Å². The quantitative estimate of drug-likeness (QED) is 0.363. The zero-order valence-corrected chi connectivity index (χ0v) is 19.9. The van der Waals surface area contributed by atoms with Crippen LogP contribution in [0.2, 0.25) is 0 Å². The van der Waals surface area contributed by atoms with Crippen LogP contribution in [0.3, 0.4) is 0 Å². The number of fused-ring (bicyclic) bond motifs is 1. The van der Waals surface area contributed by atoms with Gasteiger partial charge in [-0.2, -0.15) is 0 Å². The molecule has 33 heavy (non-hydrogen) atoms. The van der Waals surface area contributed by atoms with Gasteiger partial charge in [-0.3, -0.25) is 9.69 Å². The van der Waals surface area contributed by atoms with Crippen LogP contribution in [0.15, 0.2) is 63.6 Å². The fourth-order valence-electron chi connectivity index (χ4n) is 3.75. The van der Waals surface area contributed by atoms with Gasteiger partial charge in [-0.25, -0.2) is 9.97 Å². The molecule has 170 valence electrons. The van der Waals surface area contributed by atoms with Crippen molar-refractivity contribution in [2.75, 3.05) is 39.0 Å². The van der Waals surface area contributed by atoms with Crippen molar-refractivity contribution in [2.24, 2.45) is 0 Å². The summed E-state index contributed by atoms with van der Waals surface area (Å²) in [5.74, 6) is 1.30. The highest BCUT2D eigenvalue weighted by atomic mass is 32.2. The molecule has 0 saturated carbocycles. The minimum atomic E-state index is 0.123. The van der Waals surface area contributed by atoms with E-state index < -0.39 is 0 Å². The van der Waals surface area contributed by atoms with E-state index in [4.69, 9.17) is 14.1 Å². The van der Waals surface area contributed by atoms with E-state index in [1.807, 2.05) is 53.4 Å². The van der Waals surface area contributed by atoms with Crippen molar-refractivity contribution >= 4 is 40.1 Å². The molecule has 7 nitrogen and oxygen atoms in total. The molecule has 0 N–H and O–H groups in total. The van der Waals surface area contributed by atoms with E-state index in [-0.39, 0.29) is 5.91 Å². The molecule has 1 fully saturated rings. The summed E-state index contributed by atoms with van der Waals surface area (Å²) in [6.45, 7) is 3.95. The predicted octanol–water partition coefficient (Wildman–Crippen LogP) is 4.40. The number of benzene rings is 2. The summed E-state index contributed by atoms with van der Waals surface area (Å²) in [5, 5.41) is 3.73. The van der Waals surface area contributed by atoms with Crippen LogP contribution < -0.4 is 4.74 Å². The van der Waals surface area contributed by atoms with E-state index in [0.29, 0.717) is 11.0 Å². The number of thioether (sulfide) groups is 1. The molecule has 0 unspecified atom stereocenters. The predicted molar refractivity (Wildman–Crippen MR) is 131 cm³/mol. The molecule has 9 heteroatoms. The zero-order valence-electron chi connectivity index (χ0n) is 18.3. The molecule has 4 aromatic rings. The van der Waals surface area contributed by atoms with Gasteiger partial charge in [0.25, 0.3) is 5.22 Å². The summed E-state index contributed by atoms with van der Waals surface area (Å²) in [5.41, 5.74) is 3.64. The van der Waals surface area contributed by atoms with Crippen molar-refractivity contribution in [2.45, 2.75) is 11.8 Å². The van der Waals surface area contributed by atoms with Gasteiger partial charge in [0.05, 0.1) is 25.1 Å². The SMILES string of the molecule is COc1ccc(-c2csc(CN3CCN(C(=O)CSc4nc5ccccc5o4)CC3)n2)cc1. The number of carbonyl (C=O) groups is 1. The zero-order chi connectivity index (χ0) is 22.6. The molecule has 3 heterocycles. The Hall–Kier alpha value is -2.88. The van der Waals surface area contributed by atoms with Crippen LogP contribution in [-0.2, 0) is 11.3 Å². The number of carbonyl (C=O) groups excluding carboxylic acids is 1. The number of hydrogen-bond donors (Lipinski definition) is 0. The van der Waals surface area contributed by atoms with Gasteiger partial charge in [-0.15, -0.1) is 11.3 Å². The van der Waals surface area contributed by atoms with Gasteiger partial charge in [-0.05, 0) is 36.4 Å². The van der Waals surface area contributed by atoms with E-state index >= 15 is 0 Å². The van der Waals surface area contributed by atoms with Crippen molar-refractivity contribution in [3.63, 3.8) is 0 Å². The average Bonchev–Trinajstić information content (AvgIpc) is 3.50. The number of aromatic nitrogens is 2. The monoisotopic (exact) mass is 480 g/mol. The molecule has 1 amide bonds. The topological polar surface area (TPSA) is 71.7 Å². The maximum absolute atomic E-state index is 12.7. The Morgan fingerprint density at radius 1 is 1.09 bits per heavy atom. The Balaban J connectivity index is 1.09. The molecule has 1 aliphatic heterocycles. The molecule has 0 aliphatic carbocycles. The molecule has 0 spiro atoms. The molecule has 1 saturated heterocycles. The maximum atomic E-state index is 12.7. The van der Waals surface area contributed by atoms with Gasteiger partial charge < -0.3 is 14.1 Å². The number of nitrogens with zero attached hydrogens (tertiary/aromatic N) is 4. The third-order valence-electron chi connectivity index (χ3n) is 5.61. The normalized spacial score (nSPS) is 14.6. The van der Waals surface area contributed by atoms with Gasteiger partial charge in [-0.1, -0.05) is 23.9 Å². The number of ether oxygens (including phenoxy) is 1. The molecule has 2 aromatic heterocycles. The molecular formula is C24H24N4O3S2. The summed E-state index contributed by atoms with van der Waals surface area (Å²) in [7, 11) is 1.67. The first-order valence-electron chi connectivity index (χ1n) is 10.8. The fraction of sp³-hybridized carbons (Fsp3) is 0.292. The largest absolute Gasteiger partial charge is 0.497 e. The van der Waals surface area contributed by atoms with E-state index in [9.17, 15) is 4.79 Å². The van der Waals surface area contributed by atoms with Crippen LogP contribution in [0.1, 0.15) is 5.01 Å². The molecule has 5 rings (SSSR count). The summed E-state index contributed by atoms with van der Waals surface area (Å²) >= 11 is 3.03. The van der Waals surface area contributed by atoms with Crippen LogP contribution in [0, 0.1) is 0 Å². The standard InChI is InChI=1S/C24H24N4O3S2/c1-30-18-8-6-17(7-9-18)20-15-32-22(25-20)14-27-10-12-28(13-11-27)23(29)16-33-24-26-19-4-2-3-5-21(19)31-24/h2-9,15H,10-14,16H2,1H3. The number of thiazole rings is 1. The minimum absolute atomic E-state index is 0.123. The number of amides is 1. The highest BCUT2D eigenvalue weighted by molar-refractivity contribution is 7.99. The first-order valence-corrected chi connectivity index (χ1v) is 12.6. The second-order valence-electron chi connectivity index (χ2n) is 7.75. The molecule has 1 aliphatic rings. The summed E-state index contributed by atoms with van der Waals surface area (Å²) in [6.07, 6.45) is 0. The average molecular weight is 481 g/mol. The Morgan fingerprint density at radius 2 is 1.88 bits per heavy atom. The number of para-hydroxylation sites is 2. The molecule has 2 aromatic carbocycles. The van der Waals surface area contributed by atoms with Crippen LogP contribution in [0.4, 0.5) is 0 Å². The highest BCUT2D eigenvalue weighted by Gasteiger charge is 2.22. The van der Waals surface area contributed by atoms with Crippen LogP contribution in [0.5, 0.6) is 5.75 Å². The number of piperazine rings is 1. The van der Waals surface area contributed by atoms with Crippen LogP contribution >= 0.6 is 23.1 Å². The summed E-state index contributed by atoms with van der Waals surface area (Å²) in [6, 6.07) is 15.6. The van der Waals surface area contributed by atoms with Crippen LogP contribution in [-0.4, -0.2) is 64.7 Å². The maximum Gasteiger partial charge on any atom is 0.257 e. The second-order valence-corrected chi connectivity index (χ2v) is 9.62. The third-order valence-corrected chi connectivity index (χ3v) is 7.26. The molecule has 0 bridgehead atoms.